The molecule has 0 bridgehead atoms. The van der Waals surface area contributed by atoms with E-state index in [0.717, 1.165) is 4.74 Å². The number of hydrogen-bond donors (Lipinski definition) is 0. The summed E-state index contributed by atoms with van der Waals surface area (Å²) in [5.41, 5.74) is -0.0754. The van der Waals surface area contributed by atoms with Gasteiger partial charge in [-0.1, -0.05) is 22.9 Å². The molecule has 2 heterocycles. The van der Waals surface area contributed by atoms with Gasteiger partial charge in [-0.2, -0.15) is 0 Å². The molecule has 1 aliphatic rings. The van der Waals surface area contributed by atoms with Gasteiger partial charge in [-0.25, -0.2) is 0 Å². The van der Waals surface area contributed by atoms with Gasteiger partial charge in [-0.15, -0.1) is 4.74 Å². The summed E-state index contributed by atoms with van der Waals surface area (Å²) in [6, 6.07) is 12.3. The van der Waals surface area contributed by atoms with Crippen LogP contribution in [0.25, 0.3) is 0 Å². The van der Waals surface area contributed by atoms with Gasteiger partial charge in [-0.3, -0.25) is 0 Å². The van der Waals surface area contributed by atoms with Crippen LogP contribution in [0.2, 0.25) is 0 Å². The molecule has 0 N–H and O–H groups in total. The van der Waals surface area contributed by atoms with Crippen LogP contribution in [0.15, 0.2) is 53.1 Å². The van der Waals surface area contributed by atoms with E-state index < -0.39 is 5.54 Å². The van der Waals surface area contributed by atoms with Crippen LogP contribution in [0.4, 0.5) is 0 Å². The lowest BCUT2D eigenvalue weighted by atomic mass is 9.97. The van der Waals surface area contributed by atoms with Crippen LogP contribution in [0.3, 0.4) is 0 Å². The third-order valence-corrected chi connectivity index (χ3v) is 3.46. The first kappa shape index (κ1) is 12.5. The van der Waals surface area contributed by atoms with E-state index in [1.54, 1.807) is 50.2 Å². The molecule has 1 aromatic carbocycles. The second-order valence-electron chi connectivity index (χ2n) is 5.16. The minimum absolute atomic E-state index is 0.0852. The number of benzene rings is 1. The lowest BCUT2D eigenvalue weighted by molar-refractivity contribution is -0.530. The van der Waals surface area contributed by atoms with Crippen molar-refractivity contribution in [3.05, 3.63) is 70.5 Å². The van der Waals surface area contributed by atoms with Crippen molar-refractivity contribution in [3.63, 3.8) is 0 Å². The number of hydroxylamine groups is 2. The maximum absolute atomic E-state index is 12.6. The molecule has 0 radical (unpaired) electrons. The molecule has 2 aromatic rings. The molecule has 5 heteroatoms. The first-order valence-corrected chi connectivity index (χ1v) is 6.32. The molecule has 102 valence electrons. The summed E-state index contributed by atoms with van der Waals surface area (Å²) in [6.45, 7) is 3.41. The third kappa shape index (κ3) is 1.63. The fraction of sp³-hybridized carbons (Fsp3) is 0.200. The quantitative estimate of drug-likeness (QED) is 0.621. The molecule has 1 aliphatic heterocycles. The van der Waals surface area contributed by atoms with E-state index >= 15 is 0 Å². The van der Waals surface area contributed by atoms with E-state index in [2.05, 4.69) is 0 Å². The Hall–Kier alpha value is -2.56. The van der Waals surface area contributed by atoms with E-state index in [-0.39, 0.29) is 5.84 Å². The fourth-order valence-electron chi connectivity index (χ4n) is 2.43. The Morgan fingerprint density at radius 1 is 1.00 bits per heavy atom. The monoisotopic (exact) mass is 270 g/mol. The molecule has 20 heavy (non-hydrogen) atoms. The van der Waals surface area contributed by atoms with Gasteiger partial charge in [-0.05, 0) is 24.3 Å². The van der Waals surface area contributed by atoms with Crippen LogP contribution in [-0.4, -0.2) is 26.6 Å². The third-order valence-electron chi connectivity index (χ3n) is 3.46. The molecule has 0 unspecified atom stereocenters. The summed E-state index contributed by atoms with van der Waals surface area (Å²) in [5, 5.41) is 25.1. The highest BCUT2D eigenvalue weighted by molar-refractivity contribution is 6.07. The second kappa shape index (κ2) is 4.23. The van der Waals surface area contributed by atoms with Gasteiger partial charge in [0.15, 0.2) is 0 Å². The van der Waals surface area contributed by atoms with Crippen LogP contribution < -0.4 is 0 Å². The van der Waals surface area contributed by atoms with Crippen molar-refractivity contribution in [2.45, 2.75) is 19.4 Å². The molecule has 3 rings (SSSR count). The number of amidine groups is 1. The van der Waals surface area contributed by atoms with E-state index in [1.165, 1.54) is 6.26 Å². The molecule has 0 saturated heterocycles. The zero-order valence-corrected chi connectivity index (χ0v) is 11.2. The van der Waals surface area contributed by atoms with Crippen LogP contribution in [0.1, 0.15) is 25.2 Å². The fourth-order valence-corrected chi connectivity index (χ4v) is 2.43. The van der Waals surface area contributed by atoms with E-state index in [1.807, 2.05) is 6.07 Å². The summed E-state index contributed by atoms with van der Waals surface area (Å²) in [5.74, 6) is 0.499. The molecule has 0 spiro atoms. The summed E-state index contributed by atoms with van der Waals surface area (Å²) in [6.07, 6.45) is 1.49. The van der Waals surface area contributed by atoms with Crippen molar-refractivity contribution < 1.29 is 13.9 Å². The highest BCUT2D eigenvalue weighted by atomic mass is 16.5. The normalized spacial score (nSPS) is 17.9. The second-order valence-corrected chi connectivity index (χ2v) is 5.16. The first-order chi connectivity index (χ1) is 9.53. The van der Waals surface area contributed by atoms with Crippen molar-refractivity contribution in [3.8, 4) is 0 Å². The molecular weight excluding hydrogens is 256 g/mol. The van der Waals surface area contributed by atoms with Crippen molar-refractivity contribution in [2.75, 3.05) is 0 Å². The standard InChI is InChI=1S/C15H14N2O3/c1-15(2)13(12-9-6-10-20-12)16(18)14(17(15)19)11-7-4-3-5-8-11/h3-10H,1-2H3. The predicted molar refractivity (Wildman–Crippen MR) is 74.7 cm³/mol. The van der Waals surface area contributed by atoms with Crippen LogP contribution in [-0.2, 0) is 0 Å². The average Bonchev–Trinajstić information content (AvgIpc) is 2.98. The SMILES string of the molecule is CC1(C)C(c2ccco2)=[N+]([O-])C(c2ccccc2)=[N+]1[O-]. The Kier molecular flexibility index (Phi) is 2.64. The topological polar surface area (TPSA) is 65.3 Å². The molecule has 0 atom stereocenters. The van der Waals surface area contributed by atoms with Crippen molar-refractivity contribution in [2.24, 2.45) is 0 Å². The Morgan fingerprint density at radius 2 is 1.70 bits per heavy atom. The Morgan fingerprint density at radius 3 is 2.30 bits per heavy atom. The van der Waals surface area contributed by atoms with Gasteiger partial charge in [0.1, 0.15) is 5.56 Å². The van der Waals surface area contributed by atoms with Crippen LogP contribution >= 0.6 is 0 Å². The Bertz CT molecular complexity index is 698. The smallest absolute Gasteiger partial charge is 0.469 e. The molecular formula is C15H14N2O3. The molecule has 0 saturated carbocycles. The lowest BCUT2D eigenvalue weighted by Gasteiger charge is -2.14. The maximum Gasteiger partial charge on any atom is 0.469 e. The van der Waals surface area contributed by atoms with Gasteiger partial charge < -0.3 is 14.8 Å². The zero-order chi connectivity index (χ0) is 14.3. The molecule has 5 nitrogen and oxygen atoms in total. The van der Waals surface area contributed by atoms with E-state index in [0.29, 0.717) is 21.8 Å². The van der Waals surface area contributed by atoms with Crippen LogP contribution in [0.5, 0.6) is 0 Å². The lowest BCUT2D eigenvalue weighted by Crippen LogP contribution is -2.39. The number of furan rings is 1. The van der Waals surface area contributed by atoms with Gasteiger partial charge >= 0.3 is 11.5 Å². The minimum atomic E-state index is -0.981. The summed E-state index contributed by atoms with van der Waals surface area (Å²) < 4.78 is 6.71. The Balaban J connectivity index is 2.22. The molecule has 0 aliphatic carbocycles. The zero-order valence-electron chi connectivity index (χ0n) is 11.2. The van der Waals surface area contributed by atoms with Crippen LogP contribution in [0, 0.1) is 10.4 Å². The van der Waals surface area contributed by atoms with Gasteiger partial charge in [0.2, 0.25) is 5.76 Å². The molecule has 0 amide bonds. The average molecular weight is 270 g/mol. The largest absolute Gasteiger partial charge is 0.618 e. The first-order valence-electron chi connectivity index (χ1n) is 6.32. The number of nitrogens with zero attached hydrogens (tertiary/aromatic N) is 2. The van der Waals surface area contributed by atoms with Gasteiger partial charge in [0, 0.05) is 13.8 Å². The molecule has 0 fully saturated rings. The van der Waals surface area contributed by atoms with E-state index in [9.17, 15) is 10.4 Å². The highest BCUT2D eigenvalue weighted by Crippen LogP contribution is 2.25. The van der Waals surface area contributed by atoms with Crippen molar-refractivity contribution in [1.82, 2.24) is 0 Å². The summed E-state index contributed by atoms with van der Waals surface area (Å²) in [4.78, 5) is 0. The van der Waals surface area contributed by atoms with Crippen molar-refractivity contribution in [1.29, 1.82) is 0 Å². The predicted octanol–water partition coefficient (Wildman–Crippen LogP) is 2.33. The van der Waals surface area contributed by atoms with Gasteiger partial charge in [0.25, 0.3) is 5.54 Å². The molecule has 1 aromatic heterocycles. The number of hydrogen-bond acceptors (Lipinski definition) is 3. The Labute approximate surface area is 116 Å². The van der Waals surface area contributed by atoms with E-state index in [4.69, 9.17) is 4.42 Å². The highest BCUT2D eigenvalue weighted by Gasteiger charge is 2.53. The van der Waals surface area contributed by atoms with Gasteiger partial charge in [0.05, 0.1) is 6.26 Å². The van der Waals surface area contributed by atoms with Crippen molar-refractivity contribution >= 4 is 11.5 Å². The summed E-state index contributed by atoms with van der Waals surface area (Å²) >= 11 is 0. The minimum Gasteiger partial charge on any atom is -0.618 e. The number of rotatable bonds is 2. The summed E-state index contributed by atoms with van der Waals surface area (Å²) in [7, 11) is 0. The maximum atomic E-state index is 12.6.